The van der Waals surface area contributed by atoms with Gasteiger partial charge in [0.2, 0.25) is 0 Å². The molecule has 0 saturated heterocycles. The van der Waals surface area contributed by atoms with Crippen LogP contribution in [0.5, 0.6) is 0 Å². The van der Waals surface area contributed by atoms with E-state index >= 15 is 0 Å². The summed E-state index contributed by atoms with van der Waals surface area (Å²) in [5.74, 6) is 0. The van der Waals surface area contributed by atoms with Gasteiger partial charge in [-0.05, 0) is 0 Å². The van der Waals surface area contributed by atoms with Crippen molar-refractivity contribution in [2.45, 2.75) is 33.0 Å². The predicted molar refractivity (Wildman–Crippen MR) is 96.3 cm³/mol. The minimum absolute atomic E-state index is 0. The molecule has 45 heavy (non-hydrogen) atoms. The molecule has 0 rings (SSSR count). The molecule has 0 aliphatic carbocycles. The van der Waals surface area contributed by atoms with E-state index < -0.39 is 99.9 Å². The van der Waals surface area contributed by atoms with Gasteiger partial charge in [0, 0.05) is 0 Å². The van der Waals surface area contributed by atoms with Gasteiger partial charge in [0.25, 0.3) is 0 Å². The minimum atomic E-state index is -8.02. The van der Waals surface area contributed by atoms with E-state index in [1.807, 2.05) is 0 Å². The summed E-state index contributed by atoms with van der Waals surface area (Å²) in [6.45, 7) is 0. The summed E-state index contributed by atoms with van der Waals surface area (Å²) in [6.07, 6.45) is 0. The van der Waals surface area contributed by atoms with Crippen LogP contribution >= 0.6 is 0 Å². The van der Waals surface area contributed by atoms with E-state index in [0.717, 1.165) is 0 Å². The smallest absolute Gasteiger partial charge is 0.251 e. The third-order valence-corrected chi connectivity index (χ3v) is 17.3. The molecular weight excluding hydrogens is 886 g/mol. The van der Waals surface area contributed by atoms with Gasteiger partial charge in [-0.2, -0.15) is 79.0 Å². The average Bonchev–Trinajstić information content (AvgIpc) is 2.61. The Kier molecular flexibility index (Phi) is 13.7. The SMILES string of the molecule is O=S(=O)([C-](S(=O)(=O)C(F)(F)F)S(=O)(=O)C(F)(F)F)C(F)(F)F.O=S(=O)([C-](S(=O)(=O)C(F)(F)F)S(=O)(=O)C(F)(F)F)C(F)(F)F.[Cu+2]. The van der Waals surface area contributed by atoms with Crippen molar-refractivity contribution in [1.82, 2.24) is 0 Å². The van der Waals surface area contributed by atoms with Crippen LogP contribution in [0.1, 0.15) is 0 Å². The molecule has 0 saturated carbocycles. The Hall–Kier alpha value is -1.04. The Labute approximate surface area is 246 Å². The van der Waals surface area contributed by atoms with Crippen LogP contribution < -0.4 is 0 Å². The topological polar surface area (TPSA) is 205 Å². The number of sulfone groups is 6. The van der Waals surface area contributed by atoms with Crippen molar-refractivity contribution in [1.29, 1.82) is 0 Å². The van der Waals surface area contributed by atoms with E-state index in [4.69, 9.17) is 0 Å². The van der Waals surface area contributed by atoms with Crippen molar-refractivity contribution < 1.29 is 147 Å². The first-order valence-electron chi connectivity index (χ1n) is 7.85. The van der Waals surface area contributed by atoms with E-state index in [1.54, 1.807) is 0 Å². The van der Waals surface area contributed by atoms with Gasteiger partial charge < -0.3 is 0 Å². The zero-order valence-electron chi connectivity index (χ0n) is 18.5. The molecule has 0 aliphatic rings. The summed E-state index contributed by atoms with van der Waals surface area (Å²) in [5.41, 5.74) is -42.3. The van der Waals surface area contributed by atoms with Gasteiger partial charge in [-0.25, -0.2) is 0 Å². The summed E-state index contributed by atoms with van der Waals surface area (Å²) < 4.78 is 335. The molecule has 0 bridgehead atoms. The fourth-order valence-electron chi connectivity index (χ4n) is 1.43. The Morgan fingerprint density at radius 1 is 0.244 bits per heavy atom. The van der Waals surface area contributed by atoms with Crippen molar-refractivity contribution >= 4 is 59.0 Å². The van der Waals surface area contributed by atoms with Crippen LogP contribution in [-0.2, 0) is 76.1 Å². The molecule has 0 amide bonds. The van der Waals surface area contributed by atoms with Crippen LogP contribution in [0.2, 0.25) is 0 Å². The van der Waals surface area contributed by atoms with Crippen LogP contribution in [0.3, 0.4) is 0 Å². The van der Waals surface area contributed by atoms with Gasteiger partial charge in [0.1, 0.15) is 0 Å². The van der Waals surface area contributed by atoms with Crippen LogP contribution in [0.15, 0.2) is 0 Å². The number of rotatable bonds is 6. The van der Waals surface area contributed by atoms with Gasteiger partial charge in [0.15, 0.2) is 59.0 Å². The normalized spacial score (nSPS) is 15.7. The second-order valence-electron chi connectivity index (χ2n) is 6.20. The molecule has 0 fully saturated rings. The number of hydrogen-bond acceptors (Lipinski definition) is 12. The first-order chi connectivity index (χ1) is 18.2. The average molecular weight is 886 g/mol. The molecule has 0 heterocycles. The molecule has 0 aromatic rings. The fourth-order valence-corrected chi connectivity index (χ4v) is 12.9. The van der Waals surface area contributed by atoms with Crippen molar-refractivity contribution in [2.24, 2.45) is 0 Å². The minimum Gasteiger partial charge on any atom is -0.251 e. The zero-order chi connectivity index (χ0) is 37.2. The van der Waals surface area contributed by atoms with Crippen molar-refractivity contribution in [3.63, 3.8) is 0 Å². The first-order valence-corrected chi connectivity index (χ1v) is 16.8. The second kappa shape index (κ2) is 12.8. The molecule has 277 valence electrons. The summed E-state index contributed by atoms with van der Waals surface area (Å²) >= 11 is 0. The standard InChI is InChI=1S/2C4F9O6S3.Cu/c2*5-2(6,7)20(14,15)1(21(16,17)3(8,9)10)22(18,19)4(11,12)13;/q2*-1;+2. The molecule has 0 aromatic carbocycles. The first kappa shape index (κ1) is 48.4. The summed E-state index contributed by atoms with van der Waals surface area (Å²) in [6, 6.07) is 0. The Bertz CT molecular complexity index is 1390. The van der Waals surface area contributed by atoms with Crippen LogP contribution in [0.4, 0.5) is 79.0 Å². The molecule has 37 heteroatoms. The van der Waals surface area contributed by atoms with Gasteiger partial charge >= 0.3 is 50.1 Å². The third kappa shape index (κ3) is 9.11. The maximum atomic E-state index is 12.0. The molecule has 1 radical (unpaired) electrons. The molecular formula is C8CuF18O12S6. The van der Waals surface area contributed by atoms with Gasteiger partial charge in [-0.1, -0.05) is 0 Å². The van der Waals surface area contributed by atoms with Crippen molar-refractivity contribution in [2.75, 3.05) is 0 Å². The van der Waals surface area contributed by atoms with Gasteiger partial charge in [0.05, 0.1) is 7.83 Å². The molecule has 0 atom stereocenters. The van der Waals surface area contributed by atoms with Gasteiger partial charge in [-0.15, -0.1) is 0 Å². The Morgan fingerprint density at radius 2 is 0.311 bits per heavy atom. The zero-order valence-corrected chi connectivity index (χ0v) is 24.3. The molecule has 0 unspecified atom stereocenters. The van der Waals surface area contributed by atoms with E-state index in [-0.39, 0.29) is 17.1 Å². The molecule has 0 N–H and O–H groups in total. The molecule has 0 spiro atoms. The summed E-state index contributed by atoms with van der Waals surface area (Å²) in [5, 5.41) is 0. The van der Waals surface area contributed by atoms with E-state index in [0.29, 0.717) is 0 Å². The van der Waals surface area contributed by atoms with Gasteiger partial charge in [-0.3, -0.25) is 50.5 Å². The predicted octanol–water partition coefficient (Wildman–Crippen LogP) is 2.47. The van der Waals surface area contributed by atoms with Crippen molar-refractivity contribution in [3.05, 3.63) is 7.83 Å². The number of hydrogen-bond donors (Lipinski definition) is 0. The van der Waals surface area contributed by atoms with Crippen molar-refractivity contribution in [3.8, 4) is 0 Å². The van der Waals surface area contributed by atoms with E-state index in [9.17, 15) is 130 Å². The van der Waals surface area contributed by atoms with E-state index in [2.05, 4.69) is 0 Å². The van der Waals surface area contributed by atoms with Crippen LogP contribution in [0, 0.1) is 7.83 Å². The molecule has 0 aliphatic heterocycles. The maximum Gasteiger partial charge on any atom is 2.00 e. The largest absolute Gasteiger partial charge is 2.00 e. The number of halogens is 18. The van der Waals surface area contributed by atoms with E-state index in [1.165, 1.54) is 0 Å². The third-order valence-electron chi connectivity index (χ3n) is 3.14. The molecule has 0 aromatic heterocycles. The van der Waals surface area contributed by atoms with Crippen LogP contribution in [0.25, 0.3) is 0 Å². The Balaban J connectivity index is -0.000000767. The Morgan fingerprint density at radius 3 is 0.356 bits per heavy atom. The quantitative estimate of drug-likeness (QED) is 0.215. The second-order valence-corrected chi connectivity index (χ2v) is 19.0. The maximum absolute atomic E-state index is 12.0. The monoisotopic (exact) mass is 885 g/mol. The summed E-state index contributed by atoms with van der Waals surface area (Å²) in [4.78, 5) is 0. The molecule has 12 nitrogen and oxygen atoms in total. The number of alkyl halides is 18. The summed E-state index contributed by atoms with van der Waals surface area (Å²) in [7, 11) is -48.1. The van der Waals surface area contributed by atoms with Crippen LogP contribution in [-0.4, -0.2) is 83.6 Å². The fraction of sp³-hybridized carbons (Fsp3) is 0.750.